The number of aliphatic hydroxyl groups is 4. The highest BCUT2D eigenvalue weighted by atomic mass is 16.6. The largest absolute Gasteiger partial charge is 0.505 e. The molecule has 2 atom stereocenters. The van der Waals surface area contributed by atoms with Gasteiger partial charge in [-0.3, -0.25) is 0 Å². The van der Waals surface area contributed by atoms with Crippen molar-refractivity contribution in [1.29, 1.82) is 0 Å². The first-order valence-electron chi connectivity index (χ1n) is 17.1. The van der Waals surface area contributed by atoms with Gasteiger partial charge in [-0.25, -0.2) is 4.79 Å². The Morgan fingerprint density at radius 3 is 1.18 bits per heavy atom. The molecule has 0 bridgehead atoms. The van der Waals surface area contributed by atoms with Gasteiger partial charge in [-0.2, -0.15) is 0 Å². The highest BCUT2D eigenvalue weighted by Crippen LogP contribution is 2.34. The zero-order valence-corrected chi connectivity index (χ0v) is 26.1. The molecule has 0 fully saturated rings. The van der Waals surface area contributed by atoms with Gasteiger partial charge in [-0.15, -0.1) is 0 Å². The van der Waals surface area contributed by atoms with Crippen LogP contribution >= 0.6 is 0 Å². The number of hydrogen-bond donors (Lipinski definition) is 4. The normalized spacial score (nSPS) is 16.6. The molecular weight excluding hydrogens is 504 g/mol. The second-order valence-electron chi connectivity index (χ2n) is 12.4. The standard InChI is InChI=1S/C34H64O6/c1-3-5-7-9-11-13-15-17-19-21-23-25-27-34(39,32(37)31-29(35)30(36)33(38)40-31)28-26-24-22-20-18-16-14-12-10-8-6-4-2/h31-32,35-37,39H,3-28H2,1-2H3/t31-,32+/m0/s1. The van der Waals surface area contributed by atoms with Gasteiger partial charge in [0.25, 0.3) is 0 Å². The van der Waals surface area contributed by atoms with Crippen molar-refractivity contribution in [2.24, 2.45) is 0 Å². The Hall–Kier alpha value is -1.27. The Balaban J connectivity index is 2.35. The fourth-order valence-corrected chi connectivity index (χ4v) is 5.93. The molecule has 4 N–H and O–H groups in total. The summed E-state index contributed by atoms with van der Waals surface area (Å²) in [5, 5.41) is 42.3. The van der Waals surface area contributed by atoms with Gasteiger partial charge in [-0.05, 0) is 12.8 Å². The molecule has 40 heavy (non-hydrogen) atoms. The predicted molar refractivity (Wildman–Crippen MR) is 165 cm³/mol. The summed E-state index contributed by atoms with van der Waals surface area (Å²) in [7, 11) is 0. The average molecular weight is 569 g/mol. The molecule has 0 aromatic heterocycles. The number of cyclic esters (lactones) is 1. The van der Waals surface area contributed by atoms with Crippen molar-refractivity contribution >= 4 is 5.97 Å². The minimum absolute atomic E-state index is 0.381. The van der Waals surface area contributed by atoms with Gasteiger partial charge in [0.2, 0.25) is 5.76 Å². The molecule has 1 rings (SSSR count). The van der Waals surface area contributed by atoms with E-state index in [-0.39, 0.29) is 0 Å². The average Bonchev–Trinajstić information content (AvgIpc) is 3.20. The molecule has 0 saturated carbocycles. The van der Waals surface area contributed by atoms with Crippen LogP contribution in [0, 0.1) is 0 Å². The lowest BCUT2D eigenvalue weighted by Crippen LogP contribution is -2.50. The lowest BCUT2D eigenvalue weighted by molar-refractivity contribution is -0.163. The Kier molecular flexibility index (Phi) is 21.4. The molecule has 1 aliphatic heterocycles. The maximum atomic E-state index is 11.7. The molecule has 236 valence electrons. The summed E-state index contributed by atoms with van der Waals surface area (Å²) in [5.41, 5.74) is -1.47. The van der Waals surface area contributed by atoms with Crippen LogP contribution in [0.4, 0.5) is 0 Å². The third-order valence-corrected chi connectivity index (χ3v) is 8.70. The van der Waals surface area contributed by atoms with Gasteiger partial charge in [0.1, 0.15) is 6.10 Å². The predicted octanol–water partition coefficient (Wildman–Crippen LogP) is 9.51. The first-order chi connectivity index (χ1) is 19.4. The van der Waals surface area contributed by atoms with Crippen LogP contribution < -0.4 is 0 Å². The monoisotopic (exact) mass is 568 g/mol. The summed E-state index contributed by atoms with van der Waals surface area (Å²) in [6.45, 7) is 4.49. The van der Waals surface area contributed by atoms with E-state index in [9.17, 15) is 25.2 Å². The fourth-order valence-electron chi connectivity index (χ4n) is 5.93. The van der Waals surface area contributed by atoms with E-state index in [4.69, 9.17) is 4.74 Å². The van der Waals surface area contributed by atoms with Crippen LogP contribution in [0.15, 0.2) is 11.5 Å². The van der Waals surface area contributed by atoms with Crippen LogP contribution in [0.5, 0.6) is 0 Å². The number of unbranched alkanes of at least 4 members (excludes halogenated alkanes) is 22. The van der Waals surface area contributed by atoms with Crippen molar-refractivity contribution < 1.29 is 30.0 Å². The molecule has 0 unspecified atom stereocenters. The molecule has 0 aliphatic carbocycles. The highest BCUT2D eigenvalue weighted by molar-refractivity contribution is 5.89. The fraction of sp³-hybridized carbons (Fsp3) is 0.912. The molecule has 6 heteroatoms. The van der Waals surface area contributed by atoms with Crippen molar-refractivity contribution in [2.75, 3.05) is 0 Å². The van der Waals surface area contributed by atoms with Crippen LogP contribution in [-0.4, -0.2) is 44.2 Å². The summed E-state index contributed by atoms with van der Waals surface area (Å²) in [6.07, 6.45) is 27.0. The number of carbonyl (C=O) groups excluding carboxylic acids is 1. The van der Waals surface area contributed by atoms with Gasteiger partial charge in [0, 0.05) is 0 Å². The Bertz CT molecular complexity index is 633. The first kappa shape index (κ1) is 36.8. The topological polar surface area (TPSA) is 107 Å². The van der Waals surface area contributed by atoms with Crippen LogP contribution in [0.2, 0.25) is 0 Å². The lowest BCUT2D eigenvalue weighted by atomic mass is 9.82. The number of hydrogen-bond acceptors (Lipinski definition) is 6. The van der Waals surface area contributed by atoms with Gasteiger partial charge < -0.3 is 25.2 Å². The molecule has 0 amide bonds. The number of ether oxygens (including phenoxy) is 1. The number of rotatable bonds is 28. The van der Waals surface area contributed by atoms with Crippen molar-refractivity contribution in [3.05, 3.63) is 11.5 Å². The van der Waals surface area contributed by atoms with E-state index in [2.05, 4.69) is 13.8 Å². The minimum atomic E-state index is -1.47. The van der Waals surface area contributed by atoms with Crippen LogP contribution in [0.25, 0.3) is 0 Å². The maximum Gasteiger partial charge on any atom is 0.377 e. The molecule has 0 aromatic carbocycles. The second-order valence-corrected chi connectivity index (χ2v) is 12.4. The van der Waals surface area contributed by atoms with E-state index in [0.717, 1.165) is 38.5 Å². The SMILES string of the molecule is CCCCCCCCCCCCCCC(O)(CCCCCCCCCCCCCC)[C@H](O)[C@H]1OC(=O)C(O)=C1O. The zero-order valence-electron chi connectivity index (χ0n) is 26.1. The van der Waals surface area contributed by atoms with E-state index in [1.54, 1.807) is 0 Å². The zero-order chi connectivity index (χ0) is 29.5. The molecule has 0 aromatic rings. The number of esters is 1. The maximum absolute atomic E-state index is 11.7. The minimum Gasteiger partial charge on any atom is -0.505 e. The molecule has 0 spiro atoms. The van der Waals surface area contributed by atoms with E-state index in [1.807, 2.05) is 0 Å². The second kappa shape index (κ2) is 23.3. The molecule has 1 aliphatic rings. The van der Waals surface area contributed by atoms with Crippen LogP contribution in [-0.2, 0) is 9.53 Å². The van der Waals surface area contributed by atoms with Crippen LogP contribution in [0.1, 0.15) is 181 Å². The van der Waals surface area contributed by atoms with Gasteiger partial charge in [0.15, 0.2) is 11.9 Å². The number of aliphatic hydroxyl groups excluding tert-OH is 3. The molecule has 6 nitrogen and oxygen atoms in total. The van der Waals surface area contributed by atoms with Gasteiger partial charge in [-0.1, -0.05) is 168 Å². The quantitative estimate of drug-likeness (QED) is 0.0553. The van der Waals surface area contributed by atoms with E-state index >= 15 is 0 Å². The third-order valence-electron chi connectivity index (χ3n) is 8.70. The Labute approximate surface area is 246 Å². The van der Waals surface area contributed by atoms with E-state index < -0.39 is 35.3 Å². The third kappa shape index (κ3) is 15.7. The summed E-state index contributed by atoms with van der Waals surface area (Å²) >= 11 is 0. The van der Waals surface area contributed by atoms with E-state index in [1.165, 1.54) is 116 Å². The van der Waals surface area contributed by atoms with Crippen molar-refractivity contribution in [1.82, 2.24) is 0 Å². The molecular formula is C34H64O6. The van der Waals surface area contributed by atoms with Crippen molar-refractivity contribution in [2.45, 2.75) is 199 Å². The van der Waals surface area contributed by atoms with Crippen molar-refractivity contribution in [3.63, 3.8) is 0 Å². The Morgan fingerprint density at radius 1 is 0.600 bits per heavy atom. The molecule has 0 radical (unpaired) electrons. The summed E-state index contributed by atoms with van der Waals surface area (Å²) in [5.74, 6) is -2.61. The van der Waals surface area contributed by atoms with Crippen molar-refractivity contribution in [3.8, 4) is 0 Å². The van der Waals surface area contributed by atoms with Gasteiger partial charge >= 0.3 is 5.97 Å². The van der Waals surface area contributed by atoms with E-state index in [0.29, 0.717) is 12.8 Å². The summed E-state index contributed by atoms with van der Waals surface area (Å²) in [6, 6.07) is 0. The summed E-state index contributed by atoms with van der Waals surface area (Å²) < 4.78 is 5.00. The highest BCUT2D eigenvalue weighted by Gasteiger charge is 2.48. The smallest absolute Gasteiger partial charge is 0.377 e. The summed E-state index contributed by atoms with van der Waals surface area (Å²) in [4.78, 5) is 11.7. The Morgan fingerprint density at radius 2 is 0.900 bits per heavy atom. The lowest BCUT2D eigenvalue weighted by Gasteiger charge is -2.35. The van der Waals surface area contributed by atoms with Crippen LogP contribution in [0.3, 0.4) is 0 Å². The first-order valence-corrected chi connectivity index (χ1v) is 17.1. The molecule has 1 heterocycles. The number of carbonyl (C=O) groups is 1. The molecule has 0 saturated heterocycles. The van der Waals surface area contributed by atoms with Gasteiger partial charge in [0.05, 0.1) is 5.60 Å².